The topological polar surface area (TPSA) is 87.8 Å². The predicted molar refractivity (Wildman–Crippen MR) is 65.6 cm³/mol. The highest BCUT2D eigenvalue weighted by Crippen LogP contribution is 2.30. The third-order valence-corrected chi connectivity index (χ3v) is 5.59. The molecule has 1 fully saturated rings. The first-order valence-electron chi connectivity index (χ1n) is 5.42. The fourth-order valence-corrected chi connectivity index (χ4v) is 4.43. The van der Waals surface area contributed by atoms with Crippen molar-refractivity contribution in [1.29, 1.82) is 0 Å². The summed E-state index contributed by atoms with van der Waals surface area (Å²) in [5.74, 6) is -1.12. The number of furan rings is 1. The Balaban J connectivity index is 2.39. The summed E-state index contributed by atoms with van der Waals surface area (Å²) in [7, 11) is -3.90. The Labute approximate surface area is 113 Å². The van der Waals surface area contributed by atoms with E-state index in [9.17, 15) is 13.2 Å². The van der Waals surface area contributed by atoms with Crippen molar-refractivity contribution in [3.05, 3.63) is 16.8 Å². The summed E-state index contributed by atoms with van der Waals surface area (Å²) in [6.07, 6.45) is 2.94. The molecule has 1 N–H and O–H groups in total. The molecule has 2 rings (SSSR count). The maximum Gasteiger partial charge on any atom is 0.322 e. The van der Waals surface area contributed by atoms with E-state index in [0.29, 0.717) is 23.7 Å². The number of rotatable bonds is 3. The van der Waals surface area contributed by atoms with Crippen LogP contribution in [0.4, 0.5) is 0 Å². The molecule has 0 aromatic carbocycles. The number of hydrogen-bond acceptors (Lipinski definition) is 4. The average molecular weight is 338 g/mol. The van der Waals surface area contributed by atoms with Crippen LogP contribution >= 0.6 is 15.9 Å². The van der Waals surface area contributed by atoms with Crippen LogP contribution in [-0.4, -0.2) is 36.4 Å². The van der Waals surface area contributed by atoms with Crippen LogP contribution in [0.15, 0.2) is 26.3 Å². The average Bonchev–Trinajstić information content (AvgIpc) is 2.76. The molecule has 0 bridgehead atoms. The molecule has 100 valence electrons. The second kappa shape index (κ2) is 5.02. The maximum atomic E-state index is 12.3. The Morgan fingerprint density at radius 1 is 1.50 bits per heavy atom. The van der Waals surface area contributed by atoms with Gasteiger partial charge in [0, 0.05) is 6.54 Å². The lowest BCUT2D eigenvalue weighted by Crippen LogP contribution is -2.47. The van der Waals surface area contributed by atoms with Gasteiger partial charge >= 0.3 is 5.97 Å². The van der Waals surface area contributed by atoms with Crippen LogP contribution in [0.25, 0.3) is 0 Å². The van der Waals surface area contributed by atoms with E-state index in [1.165, 1.54) is 12.3 Å². The zero-order valence-corrected chi connectivity index (χ0v) is 11.8. The molecule has 2 heterocycles. The Bertz CT molecular complexity index is 552. The lowest BCUT2D eigenvalue weighted by atomic mass is 10.1. The van der Waals surface area contributed by atoms with Crippen molar-refractivity contribution in [2.45, 2.75) is 30.4 Å². The number of carboxylic acids is 1. The van der Waals surface area contributed by atoms with Crippen molar-refractivity contribution in [2.75, 3.05) is 6.54 Å². The van der Waals surface area contributed by atoms with Crippen LogP contribution < -0.4 is 0 Å². The Kier molecular flexibility index (Phi) is 3.79. The highest BCUT2D eigenvalue weighted by molar-refractivity contribution is 9.10. The standard InChI is InChI=1S/C10H12BrNO5S/c11-7-4-6-17-10(7)18(15,16)12-5-2-1-3-8(12)9(13)14/h4,6,8H,1-3,5H2,(H,13,14). The summed E-state index contributed by atoms with van der Waals surface area (Å²) in [6.45, 7) is 0.201. The van der Waals surface area contributed by atoms with Crippen molar-refractivity contribution in [2.24, 2.45) is 0 Å². The van der Waals surface area contributed by atoms with E-state index in [1.54, 1.807) is 0 Å². The van der Waals surface area contributed by atoms with Gasteiger partial charge in [0.1, 0.15) is 6.04 Å². The third-order valence-electron chi connectivity index (χ3n) is 2.87. The van der Waals surface area contributed by atoms with E-state index >= 15 is 0 Å². The van der Waals surface area contributed by atoms with Gasteiger partial charge in [-0.05, 0) is 41.3 Å². The highest BCUT2D eigenvalue weighted by Gasteiger charge is 2.39. The minimum absolute atomic E-state index is 0.201. The van der Waals surface area contributed by atoms with Crippen molar-refractivity contribution >= 4 is 31.9 Å². The van der Waals surface area contributed by atoms with E-state index in [-0.39, 0.29) is 11.6 Å². The molecule has 0 radical (unpaired) electrons. The van der Waals surface area contributed by atoms with Gasteiger partial charge in [0.15, 0.2) is 0 Å². The Morgan fingerprint density at radius 2 is 2.22 bits per heavy atom. The molecule has 1 atom stereocenters. The Morgan fingerprint density at radius 3 is 2.78 bits per heavy atom. The molecular formula is C10H12BrNO5S. The van der Waals surface area contributed by atoms with Gasteiger partial charge in [-0.15, -0.1) is 0 Å². The molecule has 6 nitrogen and oxygen atoms in total. The zero-order chi connectivity index (χ0) is 13.3. The summed E-state index contributed by atoms with van der Waals surface area (Å²) in [5, 5.41) is 8.85. The zero-order valence-electron chi connectivity index (χ0n) is 9.37. The van der Waals surface area contributed by atoms with E-state index in [0.717, 1.165) is 4.31 Å². The Hall–Kier alpha value is -0.860. The van der Waals surface area contributed by atoms with Crippen LogP contribution in [0.2, 0.25) is 0 Å². The fraction of sp³-hybridized carbons (Fsp3) is 0.500. The molecule has 1 unspecified atom stereocenters. The molecule has 0 aliphatic carbocycles. The van der Waals surface area contributed by atoms with Crippen molar-refractivity contribution in [3.63, 3.8) is 0 Å². The molecule has 0 saturated carbocycles. The van der Waals surface area contributed by atoms with Gasteiger partial charge in [0.2, 0.25) is 5.09 Å². The first-order chi connectivity index (χ1) is 8.44. The van der Waals surface area contributed by atoms with E-state index in [1.807, 2.05) is 0 Å². The van der Waals surface area contributed by atoms with E-state index < -0.39 is 22.0 Å². The maximum absolute atomic E-state index is 12.3. The molecule has 18 heavy (non-hydrogen) atoms. The van der Waals surface area contributed by atoms with Gasteiger partial charge in [0.05, 0.1) is 10.7 Å². The number of carboxylic acid groups (broad SMARTS) is 1. The monoisotopic (exact) mass is 337 g/mol. The van der Waals surface area contributed by atoms with Gasteiger partial charge in [-0.1, -0.05) is 0 Å². The van der Waals surface area contributed by atoms with Gasteiger partial charge < -0.3 is 9.52 Å². The van der Waals surface area contributed by atoms with Gasteiger partial charge in [-0.3, -0.25) is 4.79 Å². The summed E-state index contributed by atoms with van der Waals surface area (Å²) < 4.78 is 30.9. The van der Waals surface area contributed by atoms with Crippen LogP contribution in [-0.2, 0) is 14.8 Å². The molecule has 1 saturated heterocycles. The first kappa shape index (κ1) is 13.6. The lowest BCUT2D eigenvalue weighted by Gasteiger charge is -2.31. The second-order valence-electron chi connectivity index (χ2n) is 4.02. The normalized spacial score (nSPS) is 21.9. The number of piperidine rings is 1. The summed E-state index contributed by atoms with van der Waals surface area (Å²) in [6, 6.07) is 0.452. The molecule has 0 spiro atoms. The first-order valence-corrected chi connectivity index (χ1v) is 7.65. The molecular weight excluding hydrogens is 326 g/mol. The lowest BCUT2D eigenvalue weighted by molar-refractivity contribution is -0.142. The number of nitrogens with zero attached hydrogens (tertiary/aromatic N) is 1. The van der Waals surface area contributed by atoms with E-state index in [4.69, 9.17) is 9.52 Å². The summed E-state index contributed by atoms with van der Waals surface area (Å²) in [4.78, 5) is 11.1. The van der Waals surface area contributed by atoms with Crippen molar-refractivity contribution in [3.8, 4) is 0 Å². The smallest absolute Gasteiger partial charge is 0.322 e. The molecule has 1 aromatic rings. The van der Waals surface area contributed by atoms with Crippen LogP contribution in [0.5, 0.6) is 0 Å². The fourth-order valence-electron chi connectivity index (χ4n) is 2.01. The van der Waals surface area contributed by atoms with Crippen LogP contribution in [0, 0.1) is 0 Å². The third kappa shape index (κ3) is 2.32. The minimum atomic E-state index is -3.90. The quantitative estimate of drug-likeness (QED) is 0.906. The number of hydrogen-bond donors (Lipinski definition) is 1. The highest BCUT2D eigenvalue weighted by atomic mass is 79.9. The van der Waals surface area contributed by atoms with Gasteiger partial charge in [-0.2, -0.15) is 4.31 Å². The van der Waals surface area contributed by atoms with Gasteiger partial charge in [-0.25, -0.2) is 8.42 Å². The number of sulfonamides is 1. The largest absolute Gasteiger partial charge is 0.480 e. The SMILES string of the molecule is O=C(O)C1CCCCN1S(=O)(=O)c1occc1Br. The van der Waals surface area contributed by atoms with Crippen LogP contribution in [0.3, 0.4) is 0 Å². The van der Waals surface area contributed by atoms with Gasteiger partial charge in [0.25, 0.3) is 10.0 Å². The number of carbonyl (C=O) groups is 1. The van der Waals surface area contributed by atoms with Crippen molar-refractivity contribution in [1.82, 2.24) is 4.31 Å². The second-order valence-corrected chi connectivity index (χ2v) is 6.67. The minimum Gasteiger partial charge on any atom is -0.480 e. The van der Waals surface area contributed by atoms with E-state index in [2.05, 4.69) is 15.9 Å². The molecule has 1 aromatic heterocycles. The molecule has 8 heteroatoms. The molecule has 0 amide bonds. The number of aliphatic carboxylic acids is 1. The number of halogens is 1. The summed E-state index contributed by atoms with van der Waals surface area (Å²) >= 11 is 3.08. The van der Waals surface area contributed by atoms with Crippen LogP contribution in [0.1, 0.15) is 19.3 Å². The van der Waals surface area contributed by atoms with Crippen molar-refractivity contribution < 1.29 is 22.7 Å². The summed E-state index contributed by atoms with van der Waals surface area (Å²) in [5.41, 5.74) is 0. The molecule has 1 aliphatic heterocycles. The molecule has 1 aliphatic rings. The predicted octanol–water partition coefficient (Wildman–Crippen LogP) is 1.67.